The van der Waals surface area contributed by atoms with E-state index >= 15 is 0 Å². The molecule has 7 heteroatoms. The molecule has 1 aromatic carbocycles. The Balaban J connectivity index is 1.45. The number of nitrogens with zero attached hydrogens (tertiary/aromatic N) is 1. The molecule has 1 aliphatic rings. The number of benzene rings is 1. The molecule has 0 amide bonds. The molecule has 0 radical (unpaired) electrons. The van der Waals surface area contributed by atoms with Crippen molar-refractivity contribution in [1.82, 2.24) is 9.97 Å². The third kappa shape index (κ3) is 3.86. The second-order valence-corrected chi connectivity index (χ2v) is 9.30. The summed E-state index contributed by atoms with van der Waals surface area (Å²) >= 11 is 3.37. The lowest BCUT2D eigenvalue weighted by molar-refractivity contribution is 0.0600. The van der Waals surface area contributed by atoms with E-state index in [-0.39, 0.29) is 11.5 Å². The fourth-order valence-electron chi connectivity index (χ4n) is 3.58. The minimum Gasteiger partial charge on any atom is -0.465 e. The number of aryl methyl sites for hydroxylation is 1. The van der Waals surface area contributed by atoms with Crippen LogP contribution in [0.15, 0.2) is 29.1 Å². The predicted octanol–water partition coefficient (Wildman–Crippen LogP) is 4.33. The van der Waals surface area contributed by atoms with E-state index in [2.05, 4.69) is 11.9 Å². The Bertz CT molecular complexity index is 1070. The lowest BCUT2D eigenvalue weighted by Gasteiger charge is -2.17. The van der Waals surface area contributed by atoms with Crippen LogP contribution in [0.25, 0.3) is 10.2 Å². The van der Waals surface area contributed by atoms with E-state index in [0.717, 1.165) is 46.6 Å². The summed E-state index contributed by atoms with van der Waals surface area (Å²) in [6.07, 6.45) is 3.18. The van der Waals surface area contributed by atoms with E-state index < -0.39 is 0 Å². The number of rotatable bonds is 5. The van der Waals surface area contributed by atoms with Crippen molar-refractivity contribution in [3.05, 3.63) is 62.0 Å². The summed E-state index contributed by atoms with van der Waals surface area (Å²) < 4.78 is 4.71. The number of nitrogens with one attached hydrogen (secondary N) is 1. The normalized spacial score (nSPS) is 16.1. The van der Waals surface area contributed by atoms with Gasteiger partial charge in [0.05, 0.1) is 23.8 Å². The van der Waals surface area contributed by atoms with Gasteiger partial charge in [0.2, 0.25) is 0 Å². The molecular formula is C21H22N2O3S2. The number of carbonyl (C=O) groups excluding carboxylic acids is 1. The lowest BCUT2D eigenvalue weighted by atomic mass is 9.89. The molecule has 4 rings (SSSR count). The Labute approximate surface area is 171 Å². The van der Waals surface area contributed by atoms with Crippen molar-refractivity contribution in [1.29, 1.82) is 0 Å². The van der Waals surface area contributed by atoms with Crippen molar-refractivity contribution in [3.63, 3.8) is 0 Å². The zero-order valence-corrected chi connectivity index (χ0v) is 17.5. The number of hydrogen-bond donors (Lipinski definition) is 1. The number of aromatic amines is 1. The van der Waals surface area contributed by atoms with Crippen LogP contribution in [0.3, 0.4) is 0 Å². The summed E-state index contributed by atoms with van der Waals surface area (Å²) in [7, 11) is 1.38. The quantitative estimate of drug-likeness (QED) is 0.629. The Kier molecular flexibility index (Phi) is 5.55. The third-order valence-electron chi connectivity index (χ3n) is 5.10. The molecule has 0 unspecified atom stereocenters. The van der Waals surface area contributed by atoms with Crippen molar-refractivity contribution < 1.29 is 9.53 Å². The van der Waals surface area contributed by atoms with Crippen molar-refractivity contribution in [2.45, 2.75) is 37.7 Å². The molecule has 28 heavy (non-hydrogen) atoms. The maximum Gasteiger partial charge on any atom is 0.337 e. The van der Waals surface area contributed by atoms with Crippen molar-refractivity contribution in [2.24, 2.45) is 5.92 Å². The van der Waals surface area contributed by atoms with Gasteiger partial charge in [-0.2, -0.15) is 0 Å². The van der Waals surface area contributed by atoms with Gasteiger partial charge in [-0.15, -0.1) is 23.1 Å². The van der Waals surface area contributed by atoms with Crippen molar-refractivity contribution in [3.8, 4) is 0 Å². The molecule has 146 valence electrons. The molecule has 1 N–H and O–H groups in total. The maximum atomic E-state index is 12.6. The molecule has 0 saturated carbocycles. The lowest BCUT2D eigenvalue weighted by Crippen LogP contribution is -2.14. The average molecular weight is 415 g/mol. The molecule has 2 heterocycles. The number of hydrogen-bond acceptors (Lipinski definition) is 6. The molecule has 0 aliphatic heterocycles. The summed E-state index contributed by atoms with van der Waals surface area (Å²) in [4.78, 5) is 34.0. The minimum absolute atomic E-state index is 0.00455. The zero-order valence-electron chi connectivity index (χ0n) is 15.9. The fraction of sp³-hybridized carbons (Fsp3) is 0.381. The van der Waals surface area contributed by atoms with Gasteiger partial charge in [0.1, 0.15) is 10.7 Å². The number of methoxy groups -OCH3 is 1. The van der Waals surface area contributed by atoms with E-state index in [0.29, 0.717) is 17.2 Å². The van der Waals surface area contributed by atoms with Gasteiger partial charge in [0.25, 0.3) is 5.56 Å². The van der Waals surface area contributed by atoms with E-state index in [1.54, 1.807) is 35.2 Å². The number of fused-ring (bicyclic) bond motifs is 3. The molecule has 1 aliphatic carbocycles. The number of thioether (sulfide) groups is 1. The second-order valence-electron chi connectivity index (χ2n) is 7.23. The van der Waals surface area contributed by atoms with E-state index in [1.165, 1.54) is 17.6 Å². The monoisotopic (exact) mass is 414 g/mol. The Hall–Kier alpha value is -2.12. The van der Waals surface area contributed by atoms with Crippen LogP contribution in [0.4, 0.5) is 0 Å². The van der Waals surface area contributed by atoms with Gasteiger partial charge in [0.15, 0.2) is 0 Å². The molecule has 3 aromatic rings. The van der Waals surface area contributed by atoms with Crippen LogP contribution in [0.2, 0.25) is 0 Å². The molecule has 0 spiro atoms. The van der Waals surface area contributed by atoms with E-state index in [9.17, 15) is 9.59 Å². The highest BCUT2D eigenvalue weighted by Crippen LogP contribution is 2.35. The van der Waals surface area contributed by atoms with Gasteiger partial charge >= 0.3 is 5.97 Å². The van der Waals surface area contributed by atoms with Crippen LogP contribution in [-0.4, -0.2) is 23.0 Å². The average Bonchev–Trinajstić information content (AvgIpc) is 3.05. The van der Waals surface area contributed by atoms with E-state index in [1.807, 2.05) is 12.1 Å². The van der Waals surface area contributed by atoms with Gasteiger partial charge in [-0.3, -0.25) is 4.79 Å². The van der Waals surface area contributed by atoms with Gasteiger partial charge < -0.3 is 9.72 Å². The minimum atomic E-state index is -0.331. The van der Waals surface area contributed by atoms with Crippen LogP contribution in [0.1, 0.15) is 45.5 Å². The number of thiophene rings is 1. The first-order chi connectivity index (χ1) is 13.5. The molecular weight excluding hydrogens is 392 g/mol. The molecule has 0 saturated heterocycles. The summed E-state index contributed by atoms with van der Waals surface area (Å²) in [5.41, 5.74) is 2.87. The number of esters is 1. The first-order valence-electron chi connectivity index (χ1n) is 9.33. The van der Waals surface area contributed by atoms with Gasteiger partial charge in [-0.05, 0) is 48.4 Å². The van der Waals surface area contributed by atoms with Crippen LogP contribution < -0.4 is 5.56 Å². The van der Waals surface area contributed by atoms with Crippen molar-refractivity contribution >= 4 is 39.3 Å². The van der Waals surface area contributed by atoms with Crippen LogP contribution in [-0.2, 0) is 29.1 Å². The standard InChI is InChI=1S/C21H22N2O3S2/c1-12-3-8-15-16(9-12)28-20-18(15)19(24)22-17(23-20)11-27-10-13-4-6-14(7-5-13)21(25)26-2/h4-7,12H,3,8-11H2,1-2H3,(H,22,23,24)/t12-/m1/s1. The largest absolute Gasteiger partial charge is 0.465 e. The fourth-order valence-corrected chi connectivity index (χ4v) is 5.84. The van der Waals surface area contributed by atoms with Crippen molar-refractivity contribution in [2.75, 3.05) is 7.11 Å². The molecule has 0 fully saturated rings. The van der Waals surface area contributed by atoms with Gasteiger partial charge in [0, 0.05) is 10.6 Å². The first-order valence-corrected chi connectivity index (χ1v) is 11.3. The summed E-state index contributed by atoms with van der Waals surface area (Å²) in [5.74, 6) is 2.49. The Morgan fingerprint density at radius 2 is 2.11 bits per heavy atom. The van der Waals surface area contributed by atoms with Crippen LogP contribution >= 0.6 is 23.1 Å². The molecule has 1 atom stereocenters. The first kappa shape index (κ1) is 19.2. The molecule has 0 bridgehead atoms. The van der Waals surface area contributed by atoms with Gasteiger partial charge in [-0.1, -0.05) is 19.1 Å². The Morgan fingerprint density at radius 1 is 1.32 bits per heavy atom. The summed E-state index contributed by atoms with van der Waals surface area (Å²) in [5, 5.41) is 0.805. The second kappa shape index (κ2) is 8.09. The number of aromatic nitrogens is 2. The molecule has 5 nitrogen and oxygen atoms in total. The topological polar surface area (TPSA) is 72.0 Å². The third-order valence-corrected chi connectivity index (χ3v) is 7.26. The smallest absolute Gasteiger partial charge is 0.337 e. The predicted molar refractivity (Wildman–Crippen MR) is 114 cm³/mol. The Morgan fingerprint density at radius 3 is 2.86 bits per heavy atom. The van der Waals surface area contributed by atoms with Crippen LogP contribution in [0.5, 0.6) is 0 Å². The summed E-state index contributed by atoms with van der Waals surface area (Å²) in [6, 6.07) is 7.39. The number of ether oxygens (including phenoxy) is 1. The van der Waals surface area contributed by atoms with E-state index in [4.69, 9.17) is 9.72 Å². The maximum absolute atomic E-state index is 12.6. The zero-order chi connectivity index (χ0) is 19.7. The van der Waals surface area contributed by atoms with Gasteiger partial charge in [-0.25, -0.2) is 9.78 Å². The summed E-state index contributed by atoms with van der Waals surface area (Å²) in [6.45, 7) is 2.27. The highest BCUT2D eigenvalue weighted by molar-refractivity contribution is 7.97. The SMILES string of the molecule is COC(=O)c1ccc(CSCc2nc3sc4c(c3c(=O)[nH]2)CC[C@@H](C)C4)cc1. The number of H-pyrrole nitrogens is 1. The van der Waals surface area contributed by atoms with Crippen LogP contribution in [0, 0.1) is 5.92 Å². The number of carbonyl (C=O) groups is 1. The highest BCUT2D eigenvalue weighted by Gasteiger charge is 2.22. The highest BCUT2D eigenvalue weighted by atomic mass is 32.2. The molecule has 2 aromatic heterocycles.